The van der Waals surface area contributed by atoms with Crippen molar-refractivity contribution < 1.29 is 4.74 Å². The quantitative estimate of drug-likeness (QED) is 0.779. The van der Waals surface area contributed by atoms with Crippen LogP contribution in [-0.2, 0) is 13.2 Å². The summed E-state index contributed by atoms with van der Waals surface area (Å²) >= 11 is 7.70. The van der Waals surface area contributed by atoms with Crippen molar-refractivity contribution in [2.45, 2.75) is 33.4 Å². The van der Waals surface area contributed by atoms with E-state index in [1.54, 1.807) is 18.5 Å². The molecule has 3 nitrogen and oxygen atoms in total. The van der Waals surface area contributed by atoms with Gasteiger partial charge < -0.3 is 10.1 Å². The number of ether oxygens (including phenoxy) is 1. The second kappa shape index (κ2) is 7.62. The molecule has 0 bridgehead atoms. The summed E-state index contributed by atoms with van der Waals surface area (Å²) in [6, 6.07) is 3.99. The standard InChI is InChI=1S/C15H19ClN2OS/c1-3-4-17-9-15-5-12(11(2)20-15)10-19-14-6-13(16)7-18-8-14/h5-8,17H,3-4,9-10H2,1-2H3. The Hall–Kier alpha value is -1.10. The molecule has 0 amide bonds. The van der Waals surface area contributed by atoms with Gasteiger partial charge in [-0.1, -0.05) is 18.5 Å². The maximum absolute atomic E-state index is 5.88. The molecule has 2 aromatic heterocycles. The first-order chi connectivity index (χ1) is 9.69. The molecule has 0 spiro atoms. The maximum Gasteiger partial charge on any atom is 0.139 e. The van der Waals surface area contributed by atoms with Crippen LogP contribution >= 0.6 is 22.9 Å². The lowest BCUT2D eigenvalue weighted by molar-refractivity contribution is 0.305. The van der Waals surface area contributed by atoms with Gasteiger partial charge in [0.25, 0.3) is 0 Å². The topological polar surface area (TPSA) is 34.1 Å². The molecule has 0 aliphatic rings. The summed E-state index contributed by atoms with van der Waals surface area (Å²) in [5, 5.41) is 4.01. The Balaban J connectivity index is 1.92. The molecule has 0 aromatic carbocycles. The van der Waals surface area contributed by atoms with Gasteiger partial charge in [0.05, 0.1) is 11.2 Å². The van der Waals surface area contributed by atoms with Crippen molar-refractivity contribution in [3.8, 4) is 5.75 Å². The third-order valence-electron chi connectivity index (χ3n) is 2.87. The number of aryl methyl sites for hydroxylation is 1. The first-order valence-electron chi connectivity index (χ1n) is 6.71. The van der Waals surface area contributed by atoms with Crippen molar-refractivity contribution in [2.24, 2.45) is 0 Å². The predicted octanol–water partition coefficient (Wildman–Crippen LogP) is 4.18. The molecule has 2 aromatic rings. The average molecular weight is 311 g/mol. The van der Waals surface area contributed by atoms with Crippen LogP contribution in [0.25, 0.3) is 0 Å². The average Bonchev–Trinajstić information content (AvgIpc) is 2.77. The fourth-order valence-electron chi connectivity index (χ4n) is 1.84. The van der Waals surface area contributed by atoms with Gasteiger partial charge in [-0.15, -0.1) is 11.3 Å². The van der Waals surface area contributed by atoms with Crippen LogP contribution in [0, 0.1) is 6.92 Å². The maximum atomic E-state index is 5.88. The lowest BCUT2D eigenvalue weighted by Gasteiger charge is -2.05. The van der Waals surface area contributed by atoms with Gasteiger partial charge in [-0.3, -0.25) is 4.98 Å². The number of rotatable bonds is 7. The van der Waals surface area contributed by atoms with E-state index in [1.807, 2.05) is 11.3 Å². The van der Waals surface area contributed by atoms with Gasteiger partial charge in [0, 0.05) is 34.1 Å². The number of thiophene rings is 1. The molecule has 0 saturated heterocycles. The highest BCUT2D eigenvalue weighted by molar-refractivity contribution is 7.12. The summed E-state index contributed by atoms with van der Waals surface area (Å²) in [5.74, 6) is 0.703. The first kappa shape index (κ1) is 15.3. The highest BCUT2D eigenvalue weighted by Crippen LogP contribution is 2.23. The van der Waals surface area contributed by atoms with Gasteiger partial charge in [-0.05, 0) is 26.0 Å². The zero-order chi connectivity index (χ0) is 14.4. The van der Waals surface area contributed by atoms with Crippen LogP contribution in [0.1, 0.15) is 28.7 Å². The van der Waals surface area contributed by atoms with Crippen molar-refractivity contribution in [1.82, 2.24) is 10.3 Å². The summed E-state index contributed by atoms with van der Waals surface area (Å²) in [6.45, 7) is 6.83. The van der Waals surface area contributed by atoms with E-state index in [1.165, 1.54) is 15.3 Å². The van der Waals surface area contributed by atoms with Crippen molar-refractivity contribution in [3.05, 3.63) is 44.9 Å². The Morgan fingerprint density at radius 2 is 2.20 bits per heavy atom. The van der Waals surface area contributed by atoms with E-state index in [9.17, 15) is 0 Å². The van der Waals surface area contributed by atoms with Crippen LogP contribution in [-0.4, -0.2) is 11.5 Å². The predicted molar refractivity (Wildman–Crippen MR) is 84.6 cm³/mol. The number of nitrogens with one attached hydrogen (secondary N) is 1. The molecule has 0 aliphatic carbocycles. The summed E-state index contributed by atoms with van der Waals surface area (Å²) in [4.78, 5) is 6.66. The fraction of sp³-hybridized carbons (Fsp3) is 0.400. The number of nitrogens with zero attached hydrogens (tertiary/aromatic N) is 1. The van der Waals surface area contributed by atoms with Gasteiger partial charge in [0.15, 0.2) is 0 Å². The zero-order valence-electron chi connectivity index (χ0n) is 11.8. The Morgan fingerprint density at radius 1 is 1.35 bits per heavy atom. The summed E-state index contributed by atoms with van der Waals surface area (Å²) in [5.41, 5.74) is 1.23. The Morgan fingerprint density at radius 3 is 2.95 bits per heavy atom. The van der Waals surface area contributed by atoms with E-state index < -0.39 is 0 Å². The third kappa shape index (κ3) is 4.47. The monoisotopic (exact) mass is 310 g/mol. The van der Waals surface area contributed by atoms with Gasteiger partial charge in [-0.25, -0.2) is 0 Å². The zero-order valence-corrected chi connectivity index (χ0v) is 13.4. The molecule has 0 fully saturated rings. The van der Waals surface area contributed by atoms with Crippen LogP contribution in [0.3, 0.4) is 0 Å². The van der Waals surface area contributed by atoms with E-state index in [0.29, 0.717) is 17.4 Å². The number of hydrogen-bond acceptors (Lipinski definition) is 4. The van der Waals surface area contributed by atoms with E-state index in [2.05, 4.69) is 30.2 Å². The second-order valence-corrected chi connectivity index (χ2v) is 6.38. The number of hydrogen-bond donors (Lipinski definition) is 1. The van der Waals surface area contributed by atoms with Crippen molar-refractivity contribution in [2.75, 3.05) is 6.54 Å². The van der Waals surface area contributed by atoms with Gasteiger partial charge in [-0.2, -0.15) is 0 Å². The molecule has 0 unspecified atom stereocenters. The second-order valence-electron chi connectivity index (χ2n) is 4.60. The molecule has 108 valence electrons. The summed E-state index contributed by atoms with van der Waals surface area (Å²) < 4.78 is 5.73. The lowest BCUT2D eigenvalue weighted by Crippen LogP contribution is -2.12. The van der Waals surface area contributed by atoms with Crippen LogP contribution in [0.4, 0.5) is 0 Å². The SMILES string of the molecule is CCCNCc1cc(COc2cncc(Cl)c2)c(C)s1. The molecule has 2 heterocycles. The molecule has 0 saturated carbocycles. The van der Waals surface area contributed by atoms with Crippen molar-refractivity contribution >= 4 is 22.9 Å². The fourth-order valence-corrected chi connectivity index (χ4v) is 3.02. The minimum absolute atomic E-state index is 0.554. The molecule has 0 atom stereocenters. The van der Waals surface area contributed by atoms with Crippen molar-refractivity contribution in [3.63, 3.8) is 0 Å². The van der Waals surface area contributed by atoms with E-state index >= 15 is 0 Å². The Kier molecular flexibility index (Phi) is 5.83. The number of halogens is 1. The number of aromatic nitrogens is 1. The largest absolute Gasteiger partial charge is 0.487 e. The van der Waals surface area contributed by atoms with Crippen LogP contribution in [0.2, 0.25) is 5.02 Å². The van der Waals surface area contributed by atoms with Crippen molar-refractivity contribution in [1.29, 1.82) is 0 Å². The van der Waals surface area contributed by atoms with E-state index in [4.69, 9.17) is 16.3 Å². The third-order valence-corrected chi connectivity index (χ3v) is 4.17. The lowest BCUT2D eigenvalue weighted by atomic mass is 10.2. The van der Waals surface area contributed by atoms with E-state index in [0.717, 1.165) is 19.5 Å². The molecule has 0 radical (unpaired) electrons. The van der Waals surface area contributed by atoms with Gasteiger partial charge in [0.1, 0.15) is 12.4 Å². The van der Waals surface area contributed by atoms with Gasteiger partial charge >= 0.3 is 0 Å². The number of pyridine rings is 1. The summed E-state index contributed by atoms with van der Waals surface area (Å²) in [7, 11) is 0. The molecule has 2 rings (SSSR count). The Labute approximate surface area is 129 Å². The minimum atomic E-state index is 0.554. The molecular weight excluding hydrogens is 292 g/mol. The molecule has 20 heavy (non-hydrogen) atoms. The Bertz CT molecular complexity index is 557. The first-order valence-corrected chi connectivity index (χ1v) is 7.90. The molecule has 0 aliphatic heterocycles. The normalized spacial score (nSPS) is 10.8. The highest BCUT2D eigenvalue weighted by atomic mass is 35.5. The smallest absolute Gasteiger partial charge is 0.139 e. The minimum Gasteiger partial charge on any atom is -0.487 e. The van der Waals surface area contributed by atoms with Crippen LogP contribution in [0.15, 0.2) is 24.5 Å². The molecular formula is C15H19ClN2OS. The van der Waals surface area contributed by atoms with E-state index in [-0.39, 0.29) is 0 Å². The summed E-state index contributed by atoms with van der Waals surface area (Å²) in [6.07, 6.45) is 4.43. The highest BCUT2D eigenvalue weighted by Gasteiger charge is 2.06. The van der Waals surface area contributed by atoms with Gasteiger partial charge in [0.2, 0.25) is 0 Å². The molecule has 1 N–H and O–H groups in total. The van der Waals surface area contributed by atoms with Crippen LogP contribution in [0.5, 0.6) is 5.75 Å². The molecule has 5 heteroatoms. The van der Waals surface area contributed by atoms with Crippen LogP contribution < -0.4 is 10.1 Å².